The largest absolute Gasteiger partial charge is 0.497 e. The maximum atomic E-state index is 12.5. The predicted octanol–water partition coefficient (Wildman–Crippen LogP) is 3.61. The lowest BCUT2D eigenvalue weighted by atomic mass is 10.1. The maximum Gasteiger partial charge on any atom is 0.433 e. The van der Waals surface area contributed by atoms with E-state index in [1.165, 1.54) is 14.2 Å². The molecule has 1 aromatic carbocycles. The molecule has 1 N–H and O–H groups in total. The minimum Gasteiger partial charge on any atom is -0.497 e. The lowest BCUT2D eigenvalue weighted by Crippen LogP contribution is -2.27. The molecule has 0 bridgehead atoms. The van der Waals surface area contributed by atoms with Crippen molar-refractivity contribution < 1.29 is 27.4 Å². The number of amides is 1. The topological polar surface area (TPSA) is 60.5 Å². The van der Waals surface area contributed by atoms with Gasteiger partial charge in [0.2, 0.25) is 0 Å². The average Bonchev–Trinajstić information content (AvgIpc) is 2.60. The Morgan fingerprint density at radius 1 is 1.16 bits per heavy atom. The van der Waals surface area contributed by atoms with Crippen LogP contribution in [-0.2, 0) is 6.18 Å². The number of halogens is 3. The molecule has 134 valence electrons. The highest BCUT2D eigenvalue weighted by atomic mass is 19.4. The molecule has 8 heteroatoms. The van der Waals surface area contributed by atoms with Gasteiger partial charge in [0.1, 0.15) is 17.2 Å². The highest BCUT2D eigenvalue weighted by Gasteiger charge is 2.32. The summed E-state index contributed by atoms with van der Waals surface area (Å²) < 4.78 is 47.9. The fourth-order valence-electron chi connectivity index (χ4n) is 2.23. The Labute approximate surface area is 142 Å². The van der Waals surface area contributed by atoms with E-state index in [0.29, 0.717) is 17.1 Å². The van der Waals surface area contributed by atoms with Crippen LogP contribution in [0, 0.1) is 0 Å². The first-order valence-corrected chi connectivity index (χ1v) is 7.32. The molecule has 1 aromatic heterocycles. The van der Waals surface area contributed by atoms with Gasteiger partial charge in [0.15, 0.2) is 0 Å². The molecule has 0 saturated carbocycles. The average molecular weight is 354 g/mol. The van der Waals surface area contributed by atoms with E-state index in [9.17, 15) is 18.0 Å². The molecule has 0 aliphatic carbocycles. The van der Waals surface area contributed by atoms with Crippen LogP contribution in [0.25, 0.3) is 0 Å². The molecule has 1 atom stereocenters. The number of rotatable bonds is 5. The van der Waals surface area contributed by atoms with Crippen molar-refractivity contribution in [1.82, 2.24) is 10.3 Å². The zero-order valence-electron chi connectivity index (χ0n) is 13.8. The maximum absolute atomic E-state index is 12.5. The second-order valence-corrected chi connectivity index (χ2v) is 5.23. The lowest BCUT2D eigenvalue weighted by molar-refractivity contribution is -0.141. The number of nitrogens with one attached hydrogen (secondary N) is 1. The van der Waals surface area contributed by atoms with Crippen molar-refractivity contribution in [2.45, 2.75) is 19.1 Å². The van der Waals surface area contributed by atoms with E-state index >= 15 is 0 Å². The van der Waals surface area contributed by atoms with E-state index in [-0.39, 0.29) is 5.56 Å². The summed E-state index contributed by atoms with van der Waals surface area (Å²) in [5.74, 6) is 0.593. The molecule has 1 unspecified atom stereocenters. The van der Waals surface area contributed by atoms with Gasteiger partial charge in [0.25, 0.3) is 5.91 Å². The summed E-state index contributed by atoms with van der Waals surface area (Å²) >= 11 is 0. The second-order valence-electron chi connectivity index (χ2n) is 5.23. The molecule has 0 fully saturated rings. The van der Waals surface area contributed by atoms with Crippen LogP contribution in [0.2, 0.25) is 0 Å². The summed E-state index contributed by atoms with van der Waals surface area (Å²) in [4.78, 5) is 15.5. The van der Waals surface area contributed by atoms with Crippen LogP contribution >= 0.6 is 0 Å². The minimum atomic E-state index is -4.54. The first kappa shape index (κ1) is 18.6. The summed E-state index contributed by atoms with van der Waals surface area (Å²) in [5, 5.41) is 2.70. The van der Waals surface area contributed by atoms with Crippen molar-refractivity contribution in [2.24, 2.45) is 0 Å². The molecule has 5 nitrogen and oxygen atoms in total. The smallest absolute Gasteiger partial charge is 0.433 e. The molecule has 0 radical (unpaired) electrons. The summed E-state index contributed by atoms with van der Waals surface area (Å²) in [6.45, 7) is 1.74. The Bertz CT molecular complexity index is 746. The Kier molecular flexibility index (Phi) is 5.51. The summed E-state index contributed by atoms with van der Waals surface area (Å²) in [6.07, 6.45) is -3.64. The molecule has 2 rings (SSSR count). The van der Waals surface area contributed by atoms with E-state index in [1.54, 1.807) is 25.1 Å². The third kappa shape index (κ3) is 4.40. The first-order chi connectivity index (χ1) is 11.8. The number of hydrogen-bond donors (Lipinski definition) is 1. The molecular formula is C17H17F3N2O3. The van der Waals surface area contributed by atoms with E-state index in [1.807, 2.05) is 0 Å². The molecule has 0 aliphatic rings. The van der Waals surface area contributed by atoms with Crippen LogP contribution < -0.4 is 14.8 Å². The Morgan fingerprint density at radius 2 is 1.88 bits per heavy atom. The van der Waals surface area contributed by atoms with Crippen molar-refractivity contribution >= 4 is 5.91 Å². The van der Waals surface area contributed by atoms with Gasteiger partial charge in [0.05, 0.1) is 25.8 Å². The van der Waals surface area contributed by atoms with Crippen LogP contribution in [0.1, 0.15) is 34.6 Å². The van der Waals surface area contributed by atoms with E-state index in [2.05, 4.69) is 10.3 Å². The SMILES string of the molecule is COc1ccc(C(C)NC(=O)c2ccc(C(F)(F)F)nc2)c(OC)c1. The predicted molar refractivity (Wildman–Crippen MR) is 84.7 cm³/mol. The van der Waals surface area contributed by atoms with Crippen molar-refractivity contribution in [1.29, 1.82) is 0 Å². The molecule has 0 spiro atoms. The quantitative estimate of drug-likeness (QED) is 0.891. The normalized spacial score (nSPS) is 12.4. The summed E-state index contributed by atoms with van der Waals surface area (Å²) in [5.41, 5.74) is -0.308. The third-order valence-electron chi connectivity index (χ3n) is 3.57. The van der Waals surface area contributed by atoms with Crippen LogP contribution in [0.3, 0.4) is 0 Å². The molecule has 1 heterocycles. The van der Waals surface area contributed by atoms with Gasteiger partial charge in [-0.2, -0.15) is 13.2 Å². The molecule has 2 aromatic rings. The standard InChI is InChI=1S/C17H17F3N2O3/c1-10(13-6-5-12(24-2)8-14(13)25-3)22-16(23)11-4-7-15(21-9-11)17(18,19)20/h4-10H,1-3H3,(H,22,23). The van der Waals surface area contributed by atoms with Crippen LogP contribution in [0.4, 0.5) is 13.2 Å². The van der Waals surface area contributed by atoms with Crippen LogP contribution in [0.15, 0.2) is 36.5 Å². The fourth-order valence-corrected chi connectivity index (χ4v) is 2.23. The number of carbonyl (C=O) groups excluding carboxylic acids is 1. The monoisotopic (exact) mass is 354 g/mol. The Balaban J connectivity index is 2.15. The number of carbonyl (C=O) groups is 1. The molecule has 0 aliphatic heterocycles. The number of aromatic nitrogens is 1. The molecular weight excluding hydrogens is 337 g/mol. The third-order valence-corrected chi connectivity index (χ3v) is 3.57. The van der Waals surface area contributed by atoms with Gasteiger partial charge >= 0.3 is 6.18 Å². The zero-order valence-corrected chi connectivity index (χ0v) is 13.8. The van der Waals surface area contributed by atoms with Gasteiger partial charge in [-0.3, -0.25) is 9.78 Å². The summed E-state index contributed by atoms with van der Waals surface area (Å²) in [7, 11) is 3.02. The highest BCUT2D eigenvalue weighted by Crippen LogP contribution is 2.30. The zero-order chi connectivity index (χ0) is 18.6. The fraction of sp³-hybridized carbons (Fsp3) is 0.294. The van der Waals surface area contributed by atoms with E-state index in [4.69, 9.17) is 9.47 Å². The van der Waals surface area contributed by atoms with Gasteiger partial charge in [-0.25, -0.2) is 0 Å². The molecule has 25 heavy (non-hydrogen) atoms. The van der Waals surface area contributed by atoms with Gasteiger partial charge in [0, 0.05) is 17.8 Å². The second kappa shape index (κ2) is 7.42. The number of benzene rings is 1. The van der Waals surface area contributed by atoms with Gasteiger partial charge in [-0.05, 0) is 31.2 Å². The Hall–Kier alpha value is -2.77. The number of pyridine rings is 1. The minimum absolute atomic E-state index is 0.0346. The van der Waals surface area contributed by atoms with Crippen LogP contribution in [0.5, 0.6) is 11.5 Å². The van der Waals surface area contributed by atoms with Crippen molar-refractivity contribution in [2.75, 3.05) is 14.2 Å². The van der Waals surface area contributed by atoms with E-state index < -0.39 is 23.8 Å². The van der Waals surface area contributed by atoms with Crippen molar-refractivity contribution in [3.63, 3.8) is 0 Å². The molecule has 0 saturated heterocycles. The van der Waals surface area contributed by atoms with Crippen molar-refractivity contribution in [3.05, 3.63) is 53.3 Å². The summed E-state index contributed by atoms with van der Waals surface area (Å²) in [6, 6.07) is 6.57. The highest BCUT2D eigenvalue weighted by molar-refractivity contribution is 5.94. The first-order valence-electron chi connectivity index (χ1n) is 7.32. The number of ether oxygens (including phenoxy) is 2. The van der Waals surface area contributed by atoms with Gasteiger partial charge in [-0.1, -0.05) is 0 Å². The van der Waals surface area contributed by atoms with Gasteiger partial charge in [-0.15, -0.1) is 0 Å². The van der Waals surface area contributed by atoms with Crippen molar-refractivity contribution in [3.8, 4) is 11.5 Å². The van der Waals surface area contributed by atoms with E-state index in [0.717, 1.165) is 18.3 Å². The number of hydrogen-bond acceptors (Lipinski definition) is 4. The number of alkyl halides is 3. The van der Waals surface area contributed by atoms with Gasteiger partial charge < -0.3 is 14.8 Å². The molecule has 1 amide bonds. The Morgan fingerprint density at radius 3 is 2.40 bits per heavy atom. The van der Waals surface area contributed by atoms with Crippen LogP contribution in [-0.4, -0.2) is 25.1 Å². The number of methoxy groups -OCH3 is 2. The number of nitrogens with zero attached hydrogens (tertiary/aromatic N) is 1. The lowest BCUT2D eigenvalue weighted by Gasteiger charge is -2.18.